The van der Waals surface area contributed by atoms with Crippen molar-refractivity contribution in [3.05, 3.63) is 77.7 Å². The maximum absolute atomic E-state index is 12.9. The molecule has 25 heavy (non-hydrogen) atoms. The van der Waals surface area contributed by atoms with Crippen LogP contribution in [-0.4, -0.2) is 15.6 Å². The Bertz CT molecular complexity index is 968. The third kappa shape index (κ3) is 3.21. The van der Waals surface area contributed by atoms with E-state index in [1.807, 2.05) is 0 Å². The van der Waals surface area contributed by atoms with Crippen molar-refractivity contribution in [1.29, 1.82) is 0 Å². The fourth-order valence-corrected chi connectivity index (χ4v) is 2.57. The van der Waals surface area contributed by atoms with Gasteiger partial charge < -0.3 is 14.4 Å². The molecule has 0 saturated carbocycles. The van der Waals surface area contributed by atoms with Gasteiger partial charge in [0.2, 0.25) is 5.69 Å². The van der Waals surface area contributed by atoms with Gasteiger partial charge in [0.25, 0.3) is 0 Å². The van der Waals surface area contributed by atoms with E-state index in [1.165, 1.54) is 35.0 Å². The average Bonchev–Trinajstić information content (AvgIpc) is 2.94. The molecule has 0 aliphatic heterocycles. The van der Waals surface area contributed by atoms with Crippen LogP contribution in [0.4, 0.5) is 10.1 Å². The Hall–Kier alpha value is -3.59. The van der Waals surface area contributed by atoms with Gasteiger partial charge in [0.1, 0.15) is 23.0 Å². The number of aromatic nitrogens is 1. The molecule has 1 N–H and O–H groups in total. The molecule has 0 unspecified atom stereocenters. The molecule has 3 aromatic rings. The van der Waals surface area contributed by atoms with Crippen molar-refractivity contribution in [2.45, 2.75) is 0 Å². The van der Waals surface area contributed by atoms with Crippen LogP contribution in [0.25, 0.3) is 16.0 Å². The number of aryl methyl sites for hydroxylation is 1. The van der Waals surface area contributed by atoms with Crippen molar-refractivity contribution in [3.63, 3.8) is 0 Å². The average molecular weight is 336 g/mol. The third-order valence-electron chi connectivity index (χ3n) is 3.68. The molecule has 3 rings (SSSR count). The second kappa shape index (κ2) is 6.49. The van der Waals surface area contributed by atoms with Crippen LogP contribution in [0.5, 0.6) is 11.5 Å². The SMILES string of the molecule is [C-]#[N+]c1cn(C)c(C(=O)O)c1-c1ccc(Oc2ccc(F)cc2)cc1. The smallest absolute Gasteiger partial charge is 0.351 e. The highest BCUT2D eigenvalue weighted by Gasteiger charge is 2.21. The number of nitrogens with zero attached hydrogens (tertiary/aromatic N) is 2. The van der Waals surface area contributed by atoms with Gasteiger partial charge in [0.15, 0.2) is 0 Å². The van der Waals surface area contributed by atoms with E-state index in [0.29, 0.717) is 22.6 Å². The number of aromatic carboxylic acids is 1. The Morgan fingerprint density at radius 1 is 1.12 bits per heavy atom. The zero-order valence-electron chi connectivity index (χ0n) is 13.2. The second-order valence-electron chi connectivity index (χ2n) is 5.35. The van der Waals surface area contributed by atoms with Crippen LogP contribution in [0.15, 0.2) is 54.7 Å². The molecule has 1 heterocycles. The van der Waals surface area contributed by atoms with E-state index in [1.54, 1.807) is 31.3 Å². The number of benzene rings is 2. The molecule has 2 aromatic carbocycles. The molecule has 0 aliphatic rings. The predicted octanol–water partition coefficient (Wildman–Crippen LogP) is 4.87. The molecule has 0 radical (unpaired) electrons. The minimum atomic E-state index is -1.10. The summed E-state index contributed by atoms with van der Waals surface area (Å²) in [6, 6.07) is 12.4. The molecule has 124 valence electrons. The molecule has 1 aromatic heterocycles. The van der Waals surface area contributed by atoms with Crippen LogP contribution in [0, 0.1) is 12.4 Å². The van der Waals surface area contributed by atoms with Gasteiger partial charge in [-0.1, -0.05) is 12.1 Å². The molecule has 0 aliphatic carbocycles. The number of hydrogen-bond donors (Lipinski definition) is 1. The summed E-state index contributed by atoms with van der Waals surface area (Å²) in [5, 5.41) is 9.41. The summed E-state index contributed by atoms with van der Waals surface area (Å²) in [6.45, 7) is 7.26. The van der Waals surface area contributed by atoms with E-state index >= 15 is 0 Å². The van der Waals surface area contributed by atoms with Gasteiger partial charge in [0, 0.05) is 18.8 Å². The Morgan fingerprint density at radius 2 is 1.68 bits per heavy atom. The normalized spacial score (nSPS) is 10.3. The molecule has 0 atom stereocenters. The first-order valence-corrected chi connectivity index (χ1v) is 7.33. The molecular weight excluding hydrogens is 323 g/mol. The van der Waals surface area contributed by atoms with Gasteiger partial charge in [-0.05, 0) is 42.0 Å². The Morgan fingerprint density at radius 3 is 2.20 bits per heavy atom. The van der Waals surface area contributed by atoms with E-state index in [-0.39, 0.29) is 17.2 Å². The van der Waals surface area contributed by atoms with Crippen molar-refractivity contribution in [2.24, 2.45) is 7.05 Å². The first kappa shape index (κ1) is 16.3. The highest BCUT2D eigenvalue weighted by Crippen LogP contribution is 2.36. The summed E-state index contributed by atoms with van der Waals surface area (Å²) in [7, 11) is 1.59. The maximum atomic E-state index is 12.9. The van der Waals surface area contributed by atoms with Crippen LogP contribution in [-0.2, 0) is 7.05 Å². The number of rotatable bonds is 4. The van der Waals surface area contributed by atoms with Crippen molar-refractivity contribution >= 4 is 11.7 Å². The lowest BCUT2D eigenvalue weighted by Crippen LogP contribution is -2.05. The fraction of sp³-hybridized carbons (Fsp3) is 0.0526. The number of carbonyl (C=O) groups is 1. The van der Waals surface area contributed by atoms with E-state index < -0.39 is 5.97 Å². The summed E-state index contributed by atoms with van der Waals surface area (Å²) in [4.78, 5) is 14.9. The molecule has 0 amide bonds. The van der Waals surface area contributed by atoms with Crippen molar-refractivity contribution in [3.8, 4) is 22.6 Å². The highest BCUT2D eigenvalue weighted by atomic mass is 19.1. The molecule has 5 nitrogen and oxygen atoms in total. The van der Waals surface area contributed by atoms with Crippen LogP contribution in [0.1, 0.15) is 10.5 Å². The molecule has 0 spiro atoms. The Labute approximate surface area is 143 Å². The molecule has 0 fully saturated rings. The lowest BCUT2D eigenvalue weighted by Gasteiger charge is -2.08. The number of ether oxygens (including phenoxy) is 1. The third-order valence-corrected chi connectivity index (χ3v) is 3.68. The first-order chi connectivity index (χ1) is 12.0. The standard InChI is InChI=1S/C19H13FN2O3/c1-21-16-11-22(2)18(19(23)24)17(16)12-3-7-14(8-4-12)25-15-9-5-13(20)6-10-15/h3-11H,2H3,(H,23,24). The largest absolute Gasteiger partial charge is 0.477 e. The molecular formula is C19H13FN2O3. The summed E-state index contributed by atoms with van der Waals surface area (Å²) in [5.74, 6) is -0.437. The zero-order chi connectivity index (χ0) is 18.0. The molecule has 0 bridgehead atoms. The van der Waals surface area contributed by atoms with Gasteiger partial charge >= 0.3 is 5.97 Å². The monoisotopic (exact) mass is 336 g/mol. The molecule has 6 heteroatoms. The van der Waals surface area contributed by atoms with Gasteiger partial charge in [-0.15, -0.1) is 0 Å². The molecule has 0 saturated heterocycles. The first-order valence-electron chi connectivity index (χ1n) is 7.33. The number of halogens is 1. The Balaban J connectivity index is 1.94. The van der Waals surface area contributed by atoms with Crippen LogP contribution in [0.2, 0.25) is 0 Å². The maximum Gasteiger partial charge on any atom is 0.351 e. The van der Waals surface area contributed by atoms with Crippen LogP contribution in [0.3, 0.4) is 0 Å². The number of carboxylic acids is 1. The number of hydrogen-bond acceptors (Lipinski definition) is 2. The van der Waals surface area contributed by atoms with E-state index in [2.05, 4.69) is 4.85 Å². The van der Waals surface area contributed by atoms with E-state index in [4.69, 9.17) is 11.3 Å². The van der Waals surface area contributed by atoms with Gasteiger partial charge in [-0.3, -0.25) is 0 Å². The second-order valence-corrected chi connectivity index (χ2v) is 5.35. The van der Waals surface area contributed by atoms with Gasteiger partial charge in [0.05, 0.1) is 6.57 Å². The topological polar surface area (TPSA) is 55.8 Å². The minimum absolute atomic E-state index is 0.0539. The van der Waals surface area contributed by atoms with E-state index in [0.717, 1.165) is 0 Å². The van der Waals surface area contributed by atoms with Crippen LogP contribution < -0.4 is 4.74 Å². The fourth-order valence-electron chi connectivity index (χ4n) is 2.57. The lowest BCUT2D eigenvalue weighted by molar-refractivity contribution is 0.0687. The summed E-state index contributed by atoms with van der Waals surface area (Å²) in [5.41, 5.74) is 1.30. The number of carboxylic acid groups (broad SMARTS) is 1. The van der Waals surface area contributed by atoms with Crippen molar-refractivity contribution < 1.29 is 19.0 Å². The lowest BCUT2D eigenvalue weighted by atomic mass is 10.0. The van der Waals surface area contributed by atoms with Crippen molar-refractivity contribution in [2.75, 3.05) is 0 Å². The zero-order valence-corrected chi connectivity index (χ0v) is 13.2. The summed E-state index contributed by atoms with van der Waals surface area (Å²) >= 11 is 0. The highest BCUT2D eigenvalue weighted by molar-refractivity contribution is 5.99. The minimum Gasteiger partial charge on any atom is -0.477 e. The van der Waals surface area contributed by atoms with Crippen molar-refractivity contribution in [1.82, 2.24) is 4.57 Å². The van der Waals surface area contributed by atoms with Gasteiger partial charge in [-0.2, -0.15) is 0 Å². The van der Waals surface area contributed by atoms with Gasteiger partial charge in [-0.25, -0.2) is 14.0 Å². The summed E-state index contributed by atoms with van der Waals surface area (Å²) < 4.78 is 20.0. The van der Waals surface area contributed by atoms with Crippen LogP contribution >= 0.6 is 0 Å². The quantitative estimate of drug-likeness (QED) is 0.691. The Kier molecular flexibility index (Phi) is 4.23. The van der Waals surface area contributed by atoms with E-state index in [9.17, 15) is 14.3 Å². The predicted molar refractivity (Wildman–Crippen MR) is 90.5 cm³/mol. The summed E-state index contributed by atoms with van der Waals surface area (Å²) in [6.07, 6.45) is 1.49.